The van der Waals surface area contributed by atoms with Gasteiger partial charge < -0.3 is 5.32 Å². The standard InChI is InChI=1S/C39H33N3O3S/c1-38(2,31-19-13-20-32-34(31)40-33-21-12-11-18-30(33)39(32,3)4)25-22-28(46-24-25)23-29-35(43)41(26-14-7-5-8-15-26)37(45)42(36(29)44)27-16-9-6-10-17-27/h5-24,40H,1-4H3. The molecule has 46 heavy (non-hydrogen) atoms. The molecule has 7 rings (SSSR count). The number of fused-ring (bicyclic) bond motifs is 2. The van der Waals surface area contributed by atoms with Crippen LogP contribution in [0.1, 0.15) is 54.8 Å². The monoisotopic (exact) mass is 623 g/mol. The van der Waals surface area contributed by atoms with Crippen molar-refractivity contribution in [1.29, 1.82) is 0 Å². The third-order valence-corrected chi connectivity index (χ3v) is 10.1. The molecule has 4 amide bonds. The van der Waals surface area contributed by atoms with E-state index in [9.17, 15) is 14.4 Å². The van der Waals surface area contributed by atoms with E-state index in [1.807, 2.05) is 18.2 Å². The van der Waals surface area contributed by atoms with E-state index >= 15 is 0 Å². The topological polar surface area (TPSA) is 69.7 Å². The van der Waals surface area contributed by atoms with Gasteiger partial charge in [-0.25, -0.2) is 14.6 Å². The summed E-state index contributed by atoms with van der Waals surface area (Å²) in [7, 11) is 0. The van der Waals surface area contributed by atoms with Crippen LogP contribution in [0.5, 0.6) is 0 Å². The molecule has 0 unspecified atom stereocenters. The lowest BCUT2D eigenvalue weighted by atomic mass is 9.70. The fourth-order valence-electron chi connectivity index (χ4n) is 6.54. The minimum absolute atomic E-state index is 0.0735. The zero-order valence-corrected chi connectivity index (χ0v) is 26.9. The minimum Gasteiger partial charge on any atom is -0.355 e. The number of benzene rings is 4. The SMILES string of the molecule is CC(C)(c1csc(C=C2C(=O)N(c3ccccc3)C(=O)N(c3ccccc3)C2=O)c1)c1cccc2c1Nc1ccccc1C2(C)C. The molecule has 0 radical (unpaired) electrons. The van der Waals surface area contributed by atoms with Gasteiger partial charge in [0.05, 0.1) is 11.4 Å². The molecular weight excluding hydrogens is 591 g/mol. The Morgan fingerprint density at radius 1 is 0.717 bits per heavy atom. The lowest BCUT2D eigenvalue weighted by Gasteiger charge is -2.39. The van der Waals surface area contributed by atoms with Crippen LogP contribution < -0.4 is 15.1 Å². The first-order valence-electron chi connectivity index (χ1n) is 15.2. The van der Waals surface area contributed by atoms with Crippen LogP contribution in [0, 0.1) is 0 Å². The second-order valence-corrected chi connectivity index (χ2v) is 13.6. The number of para-hydroxylation sites is 4. The predicted molar refractivity (Wildman–Crippen MR) is 186 cm³/mol. The molecular formula is C39H33N3O3S. The number of nitrogens with zero attached hydrogens (tertiary/aromatic N) is 2. The van der Waals surface area contributed by atoms with Crippen molar-refractivity contribution in [2.24, 2.45) is 0 Å². The number of barbiturate groups is 1. The molecule has 6 nitrogen and oxygen atoms in total. The minimum atomic E-state index is -0.705. The number of anilines is 4. The Morgan fingerprint density at radius 3 is 1.91 bits per heavy atom. The predicted octanol–water partition coefficient (Wildman–Crippen LogP) is 9.04. The summed E-state index contributed by atoms with van der Waals surface area (Å²) in [6, 6.07) is 33.7. The third kappa shape index (κ3) is 4.66. The van der Waals surface area contributed by atoms with Crippen LogP contribution in [-0.2, 0) is 20.4 Å². The molecule has 3 heterocycles. The molecule has 2 aliphatic rings. The first-order valence-corrected chi connectivity index (χ1v) is 16.1. The van der Waals surface area contributed by atoms with Crippen molar-refractivity contribution < 1.29 is 14.4 Å². The number of hydrogen-bond donors (Lipinski definition) is 1. The molecule has 4 aromatic carbocycles. The molecule has 1 saturated heterocycles. The van der Waals surface area contributed by atoms with Crippen LogP contribution in [0.2, 0.25) is 0 Å². The van der Waals surface area contributed by atoms with Gasteiger partial charge >= 0.3 is 6.03 Å². The lowest BCUT2D eigenvalue weighted by Crippen LogP contribution is -2.57. The van der Waals surface area contributed by atoms with Crippen LogP contribution in [0.25, 0.3) is 6.08 Å². The maximum absolute atomic E-state index is 13.9. The normalized spacial score (nSPS) is 15.7. The maximum atomic E-state index is 13.9. The fraction of sp³-hybridized carbons (Fsp3) is 0.154. The van der Waals surface area contributed by atoms with E-state index in [4.69, 9.17) is 0 Å². The van der Waals surface area contributed by atoms with Gasteiger partial charge in [0, 0.05) is 27.1 Å². The molecule has 0 aliphatic carbocycles. The number of carbonyl (C=O) groups is 3. The average molecular weight is 624 g/mol. The van der Waals surface area contributed by atoms with E-state index in [0.717, 1.165) is 37.2 Å². The Bertz CT molecular complexity index is 1980. The van der Waals surface area contributed by atoms with Gasteiger partial charge in [-0.1, -0.05) is 100 Å². The average Bonchev–Trinajstić information content (AvgIpc) is 3.54. The van der Waals surface area contributed by atoms with Gasteiger partial charge in [0.25, 0.3) is 11.8 Å². The summed E-state index contributed by atoms with van der Waals surface area (Å²) in [5.41, 5.74) is 7.06. The van der Waals surface area contributed by atoms with E-state index in [1.54, 1.807) is 54.6 Å². The highest BCUT2D eigenvalue weighted by atomic mass is 32.1. The van der Waals surface area contributed by atoms with Crippen LogP contribution in [0.15, 0.2) is 120 Å². The number of amides is 4. The Kier molecular flexibility index (Phi) is 7.02. The molecule has 1 aromatic heterocycles. The van der Waals surface area contributed by atoms with Gasteiger partial charge in [-0.05, 0) is 70.1 Å². The van der Waals surface area contributed by atoms with Crippen LogP contribution in [-0.4, -0.2) is 17.8 Å². The van der Waals surface area contributed by atoms with Gasteiger partial charge in [-0.15, -0.1) is 11.3 Å². The highest BCUT2D eigenvalue weighted by Gasteiger charge is 2.44. The Balaban J connectivity index is 1.28. The van der Waals surface area contributed by atoms with Gasteiger partial charge in [-0.2, -0.15) is 0 Å². The van der Waals surface area contributed by atoms with Crippen LogP contribution in [0.3, 0.4) is 0 Å². The zero-order chi connectivity index (χ0) is 32.2. The number of urea groups is 1. The van der Waals surface area contributed by atoms with E-state index in [2.05, 4.69) is 80.9 Å². The van der Waals surface area contributed by atoms with E-state index in [1.165, 1.54) is 22.5 Å². The molecule has 0 bridgehead atoms. The first-order chi connectivity index (χ1) is 22.1. The number of nitrogens with one attached hydrogen (secondary N) is 1. The summed E-state index contributed by atoms with van der Waals surface area (Å²) in [4.78, 5) is 44.3. The zero-order valence-electron chi connectivity index (χ0n) is 26.1. The summed E-state index contributed by atoms with van der Waals surface area (Å²) < 4.78 is 0. The highest BCUT2D eigenvalue weighted by Crippen LogP contribution is 2.50. The van der Waals surface area contributed by atoms with Gasteiger partial charge in [0.2, 0.25) is 0 Å². The first kappa shape index (κ1) is 29.4. The fourth-order valence-corrected chi connectivity index (χ4v) is 7.55. The number of imide groups is 2. The van der Waals surface area contributed by atoms with Crippen molar-refractivity contribution in [1.82, 2.24) is 0 Å². The summed E-state index contributed by atoms with van der Waals surface area (Å²) in [5.74, 6) is -1.30. The smallest absolute Gasteiger partial charge is 0.343 e. The Labute approximate surface area is 272 Å². The Morgan fingerprint density at radius 2 is 1.28 bits per heavy atom. The molecule has 5 aromatic rings. The molecule has 0 spiro atoms. The van der Waals surface area contributed by atoms with Crippen LogP contribution >= 0.6 is 11.3 Å². The molecule has 0 atom stereocenters. The van der Waals surface area contributed by atoms with Crippen molar-refractivity contribution >= 4 is 58.0 Å². The van der Waals surface area contributed by atoms with Gasteiger partial charge in [0.1, 0.15) is 5.57 Å². The molecule has 2 aliphatic heterocycles. The second kappa shape index (κ2) is 11.0. The van der Waals surface area contributed by atoms with E-state index in [0.29, 0.717) is 11.4 Å². The summed E-state index contributed by atoms with van der Waals surface area (Å²) in [6.45, 7) is 8.91. The third-order valence-electron chi connectivity index (χ3n) is 9.18. The molecule has 0 saturated carbocycles. The summed E-state index contributed by atoms with van der Waals surface area (Å²) in [6.07, 6.45) is 1.62. The largest absolute Gasteiger partial charge is 0.355 e. The molecule has 1 fully saturated rings. The number of rotatable bonds is 5. The summed E-state index contributed by atoms with van der Waals surface area (Å²) >= 11 is 1.47. The van der Waals surface area contributed by atoms with Crippen molar-refractivity contribution in [3.63, 3.8) is 0 Å². The molecule has 228 valence electrons. The van der Waals surface area contributed by atoms with Crippen molar-refractivity contribution in [3.05, 3.63) is 147 Å². The number of carbonyl (C=O) groups excluding carboxylic acids is 3. The summed E-state index contributed by atoms with van der Waals surface area (Å²) in [5, 5.41) is 5.81. The molecule has 7 heteroatoms. The van der Waals surface area contributed by atoms with Crippen LogP contribution in [0.4, 0.5) is 27.5 Å². The van der Waals surface area contributed by atoms with Crippen molar-refractivity contribution in [2.75, 3.05) is 15.1 Å². The Hall–Kier alpha value is -5.27. The number of hydrogen-bond acceptors (Lipinski definition) is 5. The van der Waals surface area contributed by atoms with Crippen molar-refractivity contribution in [2.45, 2.75) is 38.5 Å². The van der Waals surface area contributed by atoms with Gasteiger partial charge in [0.15, 0.2) is 0 Å². The maximum Gasteiger partial charge on any atom is 0.343 e. The lowest BCUT2D eigenvalue weighted by molar-refractivity contribution is -0.121. The number of thiophene rings is 1. The van der Waals surface area contributed by atoms with E-state index in [-0.39, 0.29) is 11.0 Å². The van der Waals surface area contributed by atoms with Crippen molar-refractivity contribution in [3.8, 4) is 0 Å². The quantitative estimate of drug-likeness (QED) is 0.157. The highest BCUT2D eigenvalue weighted by molar-refractivity contribution is 7.11. The van der Waals surface area contributed by atoms with E-state index < -0.39 is 23.3 Å². The second-order valence-electron chi connectivity index (χ2n) is 12.7. The molecule has 1 N–H and O–H groups in total. The van der Waals surface area contributed by atoms with Gasteiger partial charge in [-0.3, -0.25) is 9.59 Å².